The van der Waals surface area contributed by atoms with Crippen molar-refractivity contribution in [1.29, 1.82) is 0 Å². The van der Waals surface area contributed by atoms with Crippen molar-refractivity contribution in [2.75, 3.05) is 7.05 Å². The largest absolute Gasteiger partial charge is 0.508 e. The molecule has 0 aromatic heterocycles. The number of phenolic OH excluding ortho intramolecular Hbond substituents is 1. The van der Waals surface area contributed by atoms with E-state index in [4.69, 9.17) is 10.5 Å². The molecule has 12 atom stereocenters. The zero-order chi connectivity index (χ0) is 50.4. The number of benzene rings is 1. The van der Waals surface area contributed by atoms with Crippen LogP contribution in [-0.2, 0) is 54.3 Å². The quantitative estimate of drug-likeness (QED) is 0.111. The zero-order valence-electron chi connectivity index (χ0n) is 40.8. The molecule has 19 heteroatoms. The first-order valence-corrected chi connectivity index (χ1v) is 23.7. The van der Waals surface area contributed by atoms with Crippen LogP contribution in [0.4, 0.5) is 0 Å². The van der Waals surface area contributed by atoms with Gasteiger partial charge in [0.25, 0.3) is 0 Å². The number of ketones is 1. The lowest BCUT2D eigenvalue weighted by atomic mass is 9.90. The van der Waals surface area contributed by atoms with Crippen molar-refractivity contribution in [1.82, 2.24) is 31.1 Å². The molecular formula is C48H75N7O12. The van der Waals surface area contributed by atoms with E-state index in [1.807, 2.05) is 6.92 Å². The van der Waals surface area contributed by atoms with Gasteiger partial charge in [-0.15, -0.1) is 0 Å². The number of likely N-dealkylation sites (N-methyl/N-ethyl adjacent to an activating group) is 1. The van der Waals surface area contributed by atoms with Crippen molar-refractivity contribution in [2.24, 2.45) is 35.3 Å². The molecule has 7 amide bonds. The number of aliphatic hydroxyl groups is 1. The Bertz CT molecular complexity index is 1930. The summed E-state index contributed by atoms with van der Waals surface area (Å²) in [5, 5.41) is 32.3. The summed E-state index contributed by atoms with van der Waals surface area (Å²) in [4.78, 5) is 129. The molecule has 0 saturated carbocycles. The Labute approximate surface area is 394 Å². The summed E-state index contributed by atoms with van der Waals surface area (Å²) in [5.74, 6) is -9.67. The van der Waals surface area contributed by atoms with Crippen LogP contribution in [0.15, 0.2) is 24.3 Å². The number of amides is 7. The number of hydrogen-bond donors (Lipinski definition) is 7. The number of carbonyl (C=O) groups excluding carboxylic acids is 9. The van der Waals surface area contributed by atoms with Gasteiger partial charge in [-0.3, -0.25) is 38.4 Å². The molecule has 0 aliphatic carbocycles. The third-order valence-corrected chi connectivity index (χ3v) is 13.3. The minimum absolute atomic E-state index is 0.0154. The van der Waals surface area contributed by atoms with Gasteiger partial charge in [-0.05, 0) is 74.5 Å². The lowest BCUT2D eigenvalue weighted by Gasteiger charge is -2.44. The summed E-state index contributed by atoms with van der Waals surface area (Å²) in [6.45, 7) is 15.5. The molecular weight excluding hydrogens is 867 g/mol. The predicted octanol–water partition coefficient (Wildman–Crippen LogP) is 1.98. The van der Waals surface area contributed by atoms with Gasteiger partial charge in [-0.25, -0.2) is 4.79 Å². The third-order valence-electron chi connectivity index (χ3n) is 13.3. The van der Waals surface area contributed by atoms with E-state index >= 15 is 0 Å². The van der Waals surface area contributed by atoms with Crippen LogP contribution in [0, 0.1) is 29.6 Å². The van der Waals surface area contributed by atoms with Gasteiger partial charge in [0.05, 0.1) is 0 Å². The van der Waals surface area contributed by atoms with Crippen molar-refractivity contribution in [2.45, 2.75) is 175 Å². The fourth-order valence-electron chi connectivity index (χ4n) is 8.31. The van der Waals surface area contributed by atoms with Crippen molar-refractivity contribution in [3.05, 3.63) is 29.8 Å². The van der Waals surface area contributed by atoms with Gasteiger partial charge >= 0.3 is 5.97 Å². The molecule has 2 aliphatic rings. The summed E-state index contributed by atoms with van der Waals surface area (Å²) < 4.78 is 5.94. The lowest BCUT2D eigenvalue weighted by Crippen LogP contribution is -2.66. The molecule has 3 rings (SSSR count). The summed E-state index contributed by atoms with van der Waals surface area (Å²) in [6.07, 6.45) is -2.49. The van der Waals surface area contributed by atoms with Gasteiger partial charge < -0.3 is 51.8 Å². The van der Waals surface area contributed by atoms with Crippen LogP contribution in [0.25, 0.3) is 0 Å². The number of fused-ring (bicyclic) bond motifs is 2. The van der Waals surface area contributed by atoms with Crippen molar-refractivity contribution >= 4 is 53.1 Å². The molecule has 2 saturated heterocycles. The smallest absolute Gasteiger partial charge is 0.329 e. The molecule has 0 spiro atoms. The molecule has 1 aromatic carbocycles. The number of nitrogens with two attached hydrogens (primary N) is 1. The number of cyclic esters (lactones) is 1. The minimum atomic E-state index is -1.70. The van der Waals surface area contributed by atoms with E-state index in [1.54, 1.807) is 60.6 Å². The normalized spacial score (nSPS) is 26.7. The summed E-state index contributed by atoms with van der Waals surface area (Å²) in [6, 6.07) is -2.31. The SMILES string of the molecule is CCC(C)C(=O)C[C@@H](CCC(N)=O)C(=O)NC1C(=O)N[C@@H](CC(C)C)C(=O)NC2CC[C@H](O)N(C2=O)[C@@H](C(C)CC)C(=O)N(C)[C@@H](Cc2ccc(O)cc2)C(=O)N[C@@H](C(C)CC)C(=O)O[C@@H]1C. The Morgan fingerprint density at radius 2 is 1.48 bits per heavy atom. The fourth-order valence-corrected chi connectivity index (χ4v) is 8.31. The van der Waals surface area contributed by atoms with Crippen molar-refractivity contribution < 1.29 is 58.1 Å². The van der Waals surface area contributed by atoms with E-state index in [2.05, 4.69) is 21.3 Å². The number of nitrogens with one attached hydrogen (secondary N) is 4. The van der Waals surface area contributed by atoms with E-state index < -0.39 is 120 Å². The molecule has 19 nitrogen and oxygen atoms in total. The molecule has 1 aromatic rings. The Hall–Kier alpha value is -5.59. The molecule has 5 unspecified atom stereocenters. The number of piperidine rings is 1. The number of aliphatic hydroxyl groups excluding tert-OH is 1. The number of esters is 1. The highest BCUT2D eigenvalue weighted by molar-refractivity contribution is 5.98. The molecule has 2 fully saturated rings. The van der Waals surface area contributed by atoms with E-state index in [-0.39, 0.29) is 62.4 Å². The molecule has 2 aliphatic heterocycles. The Balaban J connectivity index is 2.27. The second-order valence-electron chi connectivity index (χ2n) is 18.9. The summed E-state index contributed by atoms with van der Waals surface area (Å²) in [5.41, 5.74) is 5.96. The molecule has 2 bridgehead atoms. The van der Waals surface area contributed by atoms with Gasteiger partial charge in [0.1, 0.15) is 60.1 Å². The first kappa shape index (κ1) is 55.7. The number of ether oxygens (including phenoxy) is 1. The van der Waals surface area contributed by atoms with Gasteiger partial charge in [-0.1, -0.05) is 80.4 Å². The second-order valence-corrected chi connectivity index (χ2v) is 18.9. The summed E-state index contributed by atoms with van der Waals surface area (Å²) in [7, 11) is 1.39. The van der Waals surface area contributed by atoms with Crippen LogP contribution in [-0.4, -0.2) is 129 Å². The molecule has 8 N–H and O–H groups in total. The number of aromatic hydroxyl groups is 1. The fraction of sp³-hybridized carbons (Fsp3) is 0.688. The predicted molar refractivity (Wildman–Crippen MR) is 247 cm³/mol. The standard InChI is InChI=1S/C48H75N7O12/c1-11-26(6)36(57)24-31(16-20-37(49)58)42(60)53-40-29(9)67-48(66)39(27(7)12-2)52-44(62)35(23-30-14-17-32(56)18-15-30)54(10)47(65)41(28(8)13-3)55-38(59)21-19-33(46(55)64)50-43(61)34(22-25(4)5)51-45(40)63/h14-15,17-18,25-29,31,33-35,38-41,56,59H,11-13,16,19-24H2,1-10H3,(H2,49,58)(H,50,61)(H,51,63)(H,52,62)(H,53,60)/t26?,27?,28?,29-,31-,33?,34+,35+,38+,39+,40?,41+/m1/s1. The Morgan fingerprint density at radius 3 is 2.04 bits per heavy atom. The van der Waals surface area contributed by atoms with Gasteiger partial charge in [0.15, 0.2) is 0 Å². The van der Waals surface area contributed by atoms with Crippen molar-refractivity contribution in [3.8, 4) is 5.75 Å². The maximum Gasteiger partial charge on any atom is 0.329 e. The Morgan fingerprint density at radius 1 is 0.851 bits per heavy atom. The first-order valence-electron chi connectivity index (χ1n) is 23.7. The number of primary amides is 1. The highest BCUT2D eigenvalue weighted by Crippen LogP contribution is 2.28. The van der Waals surface area contributed by atoms with Crippen LogP contribution in [0.3, 0.4) is 0 Å². The van der Waals surface area contributed by atoms with Crippen LogP contribution in [0.2, 0.25) is 0 Å². The van der Waals surface area contributed by atoms with Crippen LogP contribution in [0.5, 0.6) is 5.75 Å². The van der Waals surface area contributed by atoms with Crippen molar-refractivity contribution in [3.63, 3.8) is 0 Å². The van der Waals surface area contributed by atoms with Crippen LogP contribution in [0.1, 0.15) is 126 Å². The Kier molecular flexibility index (Phi) is 21.2. The van der Waals surface area contributed by atoms with E-state index in [1.165, 1.54) is 31.0 Å². The van der Waals surface area contributed by atoms with Crippen LogP contribution >= 0.6 is 0 Å². The lowest BCUT2D eigenvalue weighted by molar-refractivity contribution is -0.168. The highest BCUT2D eigenvalue weighted by atomic mass is 16.5. The monoisotopic (exact) mass is 942 g/mol. The topological polar surface area (TPSA) is 284 Å². The number of carbonyl (C=O) groups is 9. The second kappa shape index (κ2) is 25.5. The molecule has 67 heavy (non-hydrogen) atoms. The van der Waals surface area contributed by atoms with Gasteiger partial charge in [0.2, 0.25) is 41.4 Å². The maximum atomic E-state index is 14.9. The van der Waals surface area contributed by atoms with E-state index in [9.17, 15) is 53.4 Å². The highest BCUT2D eigenvalue weighted by Gasteiger charge is 2.47. The minimum Gasteiger partial charge on any atom is -0.508 e. The van der Waals surface area contributed by atoms with Gasteiger partial charge in [0, 0.05) is 38.1 Å². The summed E-state index contributed by atoms with van der Waals surface area (Å²) >= 11 is 0. The number of hydrogen-bond acceptors (Lipinski definition) is 12. The zero-order valence-corrected chi connectivity index (χ0v) is 40.8. The van der Waals surface area contributed by atoms with E-state index in [0.29, 0.717) is 24.8 Å². The molecule has 0 radical (unpaired) electrons. The average Bonchev–Trinajstić information content (AvgIpc) is 3.28. The number of nitrogens with zero attached hydrogens (tertiary/aromatic N) is 2. The van der Waals surface area contributed by atoms with Gasteiger partial charge in [-0.2, -0.15) is 0 Å². The third kappa shape index (κ3) is 15.2. The van der Waals surface area contributed by atoms with E-state index in [0.717, 1.165) is 4.90 Å². The number of Topliss-reactive ketones (excluding diaryl/α,β-unsaturated/α-hetero) is 1. The average molecular weight is 942 g/mol. The number of phenols is 1. The van der Waals surface area contributed by atoms with Crippen LogP contribution < -0.4 is 27.0 Å². The first-order chi connectivity index (χ1) is 31.4. The maximum absolute atomic E-state index is 14.9. The molecule has 2 heterocycles. The molecule has 374 valence electrons. The number of rotatable bonds is 17.